The Kier molecular flexibility index (Phi) is 13.6. The van der Waals surface area contributed by atoms with Crippen LogP contribution in [0.25, 0.3) is 11.1 Å². The molecule has 0 saturated carbocycles. The number of hydrogen-bond donors (Lipinski definition) is 18. The summed E-state index contributed by atoms with van der Waals surface area (Å²) in [7, 11) is 0. The maximum Gasteiger partial charge on any atom is 0.340 e. The van der Waals surface area contributed by atoms with E-state index in [9.17, 15) is 116 Å². The Balaban J connectivity index is 1.35. The van der Waals surface area contributed by atoms with Gasteiger partial charge in [-0.1, -0.05) is 0 Å². The quantitative estimate of drug-likeness (QED) is 0.0428. The lowest BCUT2D eigenvalue weighted by Crippen LogP contribution is -2.62. The van der Waals surface area contributed by atoms with Crippen molar-refractivity contribution >= 4 is 35.8 Å². The van der Waals surface area contributed by atoms with Gasteiger partial charge >= 0.3 is 35.8 Å². The van der Waals surface area contributed by atoms with Crippen LogP contribution in [-0.4, -0.2) is 159 Å². The van der Waals surface area contributed by atoms with E-state index in [4.69, 9.17) is 33.2 Å². The summed E-state index contributed by atoms with van der Waals surface area (Å²) in [5, 5.41) is 188. The molecule has 2 heterocycles. The van der Waals surface area contributed by atoms with E-state index in [0.29, 0.717) is 54.6 Å². The Morgan fingerprint density at radius 1 is 0.468 bits per heavy atom. The second-order valence-corrected chi connectivity index (χ2v) is 16.7. The zero-order valence-electron chi connectivity index (χ0n) is 38.6. The summed E-state index contributed by atoms with van der Waals surface area (Å²) in [6, 6.07) is 3.96. The average Bonchev–Trinajstić information content (AvgIpc) is 3.56. The SMILES string of the molecule is O=C(O)c1cc(O)c(O)c(Oc2c(OC(=O)[C@@H]3[C@@H](OC(=O)c4cc(O)c(O)c(O)c4)O[C@H]4COC(=O)c5cc(O)c(O)c(O)c5-c5c(cc(O)c(O)c5O)C(=O)O[C@H]4[C@H]3OC(=O)c3cc(O)c(O)c(O)c3)cc(O)c(O)c2O)c1. The zero-order valence-corrected chi connectivity index (χ0v) is 38.6. The molecule has 31 nitrogen and oxygen atoms in total. The van der Waals surface area contributed by atoms with E-state index in [2.05, 4.69) is 0 Å². The van der Waals surface area contributed by atoms with Gasteiger partial charge < -0.3 is 125 Å². The number of aromatic hydroxyl groups is 17. The minimum absolute atomic E-state index is 0.291. The van der Waals surface area contributed by atoms with Crippen molar-refractivity contribution in [2.45, 2.75) is 24.6 Å². The summed E-state index contributed by atoms with van der Waals surface area (Å²) in [5.74, 6) is -40.2. The number of phenols is 17. The van der Waals surface area contributed by atoms with Crippen LogP contribution in [0, 0.1) is 5.92 Å². The fourth-order valence-electron chi connectivity index (χ4n) is 7.88. The number of phenolic OH excluding ortho intramolecular Hbond substituents is 17. The highest BCUT2D eigenvalue weighted by molar-refractivity contribution is 6.08. The van der Waals surface area contributed by atoms with Crippen LogP contribution in [0.2, 0.25) is 0 Å². The molecule has 0 aromatic heterocycles. The predicted molar refractivity (Wildman–Crippen MR) is 245 cm³/mol. The molecule has 2 aliphatic heterocycles. The summed E-state index contributed by atoms with van der Waals surface area (Å²) >= 11 is 0. The molecule has 0 radical (unpaired) electrons. The van der Waals surface area contributed by atoms with Crippen LogP contribution in [0.1, 0.15) is 51.8 Å². The van der Waals surface area contributed by atoms with Gasteiger partial charge in [0, 0.05) is 17.2 Å². The van der Waals surface area contributed by atoms with Crippen LogP contribution >= 0.6 is 0 Å². The predicted octanol–water partition coefficient (Wildman–Crippen LogP) is 2.56. The Hall–Kier alpha value is -11.5. The first-order chi connectivity index (χ1) is 37.1. The number of carbonyl (C=O) groups is 6. The molecule has 0 bridgehead atoms. The van der Waals surface area contributed by atoms with Gasteiger partial charge in [-0.2, -0.15) is 0 Å². The largest absolute Gasteiger partial charge is 0.504 e. The van der Waals surface area contributed by atoms with Crippen LogP contribution in [0.4, 0.5) is 0 Å². The fourth-order valence-corrected chi connectivity index (χ4v) is 7.88. The molecule has 18 N–H and O–H groups in total. The number of carbonyl (C=O) groups excluding carboxylic acids is 5. The van der Waals surface area contributed by atoms with Crippen molar-refractivity contribution in [3.05, 3.63) is 82.4 Å². The number of carboxylic acids is 1. The molecule has 1 saturated heterocycles. The zero-order chi connectivity index (χ0) is 58.0. The van der Waals surface area contributed by atoms with Crippen molar-refractivity contribution in [3.8, 4) is 126 Å². The molecule has 0 aliphatic carbocycles. The lowest BCUT2D eigenvalue weighted by molar-refractivity contribution is -0.265. The lowest BCUT2D eigenvalue weighted by Gasteiger charge is -2.43. The smallest absolute Gasteiger partial charge is 0.340 e. The molecule has 0 spiro atoms. The van der Waals surface area contributed by atoms with Gasteiger partial charge in [-0.05, 0) is 48.5 Å². The van der Waals surface area contributed by atoms with Crippen LogP contribution in [0.3, 0.4) is 0 Å². The molecule has 2 aliphatic rings. The van der Waals surface area contributed by atoms with Crippen molar-refractivity contribution in [1.29, 1.82) is 0 Å². The van der Waals surface area contributed by atoms with Crippen LogP contribution in [0.15, 0.2) is 54.6 Å². The Morgan fingerprint density at radius 2 is 0.911 bits per heavy atom. The molecule has 31 heteroatoms. The summed E-state index contributed by atoms with van der Waals surface area (Å²) in [4.78, 5) is 83.8. The number of ether oxygens (including phenoxy) is 7. The maximum atomic E-state index is 15.1. The normalized spacial score (nSPS) is 17.7. The third-order valence-electron chi connectivity index (χ3n) is 11.7. The molecule has 8 rings (SSSR count). The van der Waals surface area contributed by atoms with E-state index in [0.717, 1.165) is 0 Å². The van der Waals surface area contributed by atoms with Gasteiger partial charge in [0.25, 0.3) is 0 Å². The van der Waals surface area contributed by atoms with Crippen molar-refractivity contribution in [2.75, 3.05) is 6.61 Å². The third kappa shape index (κ3) is 9.63. The maximum absolute atomic E-state index is 15.1. The second kappa shape index (κ2) is 20.0. The Morgan fingerprint density at radius 3 is 1.43 bits per heavy atom. The molecule has 0 unspecified atom stereocenters. The van der Waals surface area contributed by atoms with Gasteiger partial charge in [-0.15, -0.1) is 0 Å². The Bertz CT molecular complexity index is 3580. The highest BCUT2D eigenvalue weighted by Crippen LogP contribution is 2.55. The first kappa shape index (κ1) is 53.8. The number of hydrogen-bond acceptors (Lipinski definition) is 30. The van der Waals surface area contributed by atoms with Gasteiger partial charge in [0.05, 0.1) is 27.8 Å². The molecule has 79 heavy (non-hydrogen) atoms. The Labute approximate surface area is 434 Å². The standard InChI is InChI=1S/C48H34O31/c49-16-2-12(3-17(50)30(16)57)43(68)78-41-29(47(72)75-25-9-23(56)35(62)38(65)39(25)74-24-6-11(42(66)67)1-20(53)32(24)59)48(79-44(69)13-4-18(51)31(58)19(52)5-13)76-26-10-73-45(70)14-7-21(54)33(60)36(63)27(14)28-15(46(71)77-40(26)41)8-22(55)34(61)37(28)64/h1-9,26,29,40-41,48-65H,10H2,(H,66,67)/t26-,29+,40+,41-,48+/m0/s1. The van der Waals surface area contributed by atoms with Crippen LogP contribution in [0.5, 0.6) is 115 Å². The molecule has 1 fully saturated rings. The van der Waals surface area contributed by atoms with Crippen molar-refractivity contribution in [2.24, 2.45) is 5.92 Å². The van der Waals surface area contributed by atoms with Crippen LogP contribution in [-0.2, 0) is 28.5 Å². The first-order valence-electron chi connectivity index (χ1n) is 21.6. The minimum atomic E-state index is -2.85. The molecule has 6 aromatic rings. The topological polar surface area (TPSA) is 531 Å². The van der Waals surface area contributed by atoms with Crippen LogP contribution < -0.4 is 9.47 Å². The highest BCUT2D eigenvalue weighted by Gasteiger charge is 2.57. The lowest BCUT2D eigenvalue weighted by atomic mass is 9.89. The van der Waals surface area contributed by atoms with Gasteiger partial charge in [0.15, 0.2) is 98.6 Å². The second-order valence-electron chi connectivity index (χ2n) is 16.7. The number of fused-ring (bicyclic) bond motifs is 4. The number of esters is 5. The number of aromatic carboxylic acids is 1. The molecule has 412 valence electrons. The molecular formula is C48H34O31. The number of rotatable bonds is 9. The van der Waals surface area contributed by atoms with Gasteiger partial charge in [-0.3, -0.25) is 4.79 Å². The minimum Gasteiger partial charge on any atom is -0.504 e. The monoisotopic (exact) mass is 1110 g/mol. The van der Waals surface area contributed by atoms with E-state index in [1.165, 1.54) is 0 Å². The highest BCUT2D eigenvalue weighted by atomic mass is 16.7. The first-order valence-corrected chi connectivity index (χ1v) is 21.6. The number of benzene rings is 6. The molecule has 0 amide bonds. The van der Waals surface area contributed by atoms with Crippen molar-refractivity contribution in [3.63, 3.8) is 0 Å². The summed E-state index contributed by atoms with van der Waals surface area (Å²) in [5.41, 5.74) is -7.22. The van der Waals surface area contributed by atoms with Crippen molar-refractivity contribution in [1.82, 2.24) is 0 Å². The third-order valence-corrected chi connectivity index (χ3v) is 11.7. The average molecular weight is 1110 g/mol. The molecule has 6 aromatic carbocycles. The van der Waals surface area contributed by atoms with E-state index >= 15 is 4.79 Å². The van der Waals surface area contributed by atoms with E-state index in [-0.39, 0.29) is 0 Å². The van der Waals surface area contributed by atoms with E-state index < -0.39 is 227 Å². The summed E-state index contributed by atoms with van der Waals surface area (Å²) in [6.45, 7) is -1.40. The fraction of sp³-hybridized carbons (Fsp3) is 0.125. The van der Waals surface area contributed by atoms with E-state index in [1.807, 2.05) is 0 Å². The van der Waals surface area contributed by atoms with Gasteiger partial charge in [0.1, 0.15) is 12.7 Å². The number of cyclic esters (lactones) is 1. The summed E-state index contributed by atoms with van der Waals surface area (Å²) in [6.07, 6.45) is -10.6. The van der Waals surface area contributed by atoms with E-state index in [1.54, 1.807) is 0 Å². The van der Waals surface area contributed by atoms with Gasteiger partial charge in [-0.25, -0.2) is 24.0 Å². The number of carboxylic acid groups (broad SMARTS) is 1. The summed E-state index contributed by atoms with van der Waals surface area (Å²) < 4.78 is 38.9. The molecule has 5 atom stereocenters. The van der Waals surface area contributed by atoms with Gasteiger partial charge in [0.2, 0.25) is 40.8 Å². The molecular weight excluding hydrogens is 1070 g/mol. The van der Waals surface area contributed by atoms with Crippen molar-refractivity contribution < 1.29 is 154 Å².